The molecule has 118 valence electrons. The van der Waals surface area contributed by atoms with Crippen molar-refractivity contribution in [2.24, 2.45) is 11.7 Å². The first-order valence-electron chi connectivity index (χ1n) is 8.12. The highest BCUT2D eigenvalue weighted by atomic mass is 16.2. The number of nitrogens with one attached hydrogen (secondary N) is 1. The molecule has 0 aliphatic heterocycles. The molecule has 1 fully saturated rings. The zero-order valence-electron chi connectivity index (χ0n) is 13.7. The molecular formula is C16H33N3O. The molecule has 1 aliphatic rings. The normalized spacial score (nSPS) is 20.8. The molecule has 0 aromatic carbocycles. The van der Waals surface area contributed by atoms with Crippen LogP contribution in [-0.4, -0.2) is 42.5 Å². The second-order valence-electron chi connectivity index (χ2n) is 6.80. The van der Waals surface area contributed by atoms with Gasteiger partial charge in [-0.1, -0.05) is 39.5 Å². The molecule has 0 aromatic rings. The molecule has 3 N–H and O–H groups in total. The molecule has 0 saturated heterocycles. The minimum atomic E-state index is 0.0227. The van der Waals surface area contributed by atoms with E-state index in [1.807, 2.05) is 0 Å². The predicted octanol–water partition coefficient (Wildman–Crippen LogP) is 2.13. The fourth-order valence-corrected chi connectivity index (χ4v) is 2.98. The number of hydrogen-bond donors (Lipinski definition) is 2. The summed E-state index contributed by atoms with van der Waals surface area (Å²) >= 11 is 0. The molecule has 20 heavy (non-hydrogen) atoms. The van der Waals surface area contributed by atoms with Gasteiger partial charge in [0.15, 0.2) is 0 Å². The summed E-state index contributed by atoms with van der Waals surface area (Å²) in [6.45, 7) is 7.42. The molecule has 1 saturated carbocycles. The number of nitrogens with two attached hydrogens (primary N) is 1. The van der Waals surface area contributed by atoms with Crippen molar-refractivity contribution in [2.45, 2.75) is 70.9 Å². The van der Waals surface area contributed by atoms with E-state index in [4.69, 9.17) is 5.73 Å². The van der Waals surface area contributed by atoms with Crippen molar-refractivity contribution < 1.29 is 4.79 Å². The molecule has 1 rings (SSSR count). The van der Waals surface area contributed by atoms with Gasteiger partial charge in [-0.25, -0.2) is 0 Å². The summed E-state index contributed by atoms with van der Waals surface area (Å²) in [7, 11) is 2.05. The molecule has 1 unspecified atom stereocenters. The van der Waals surface area contributed by atoms with Crippen LogP contribution < -0.4 is 11.1 Å². The summed E-state index contributed by atoms with van der Waals surface area (Å²) in [6, 6.07) is 0.221. The fraction of sp³-hybridized carbons (Fsp3) is 0.938. The van der Waals surface area contributed by atoms with Crippen LogP contribution >= 0.6 is 0 Å². The molecule has 1 amide bonds. The lowest BCUT2D eigenvalue weighted by Crippen LogP contribution is -2.55. The van der Waals surface area contributed by atoms with Crippen molar-refractivity contribution in [3.63, 3.8) is 0 Å². The van der Waals surface area contributed by atoms with Crippen LogP contribution in [-0.2, 0) is 4.79 Å². The molecule has 1 atom stereocenters. The summed E-state index contributed by atoms with van der Waals surface area (Å²) in [4.78, 5) is 14.4. The minimum absolute atomic E-state index is 0.0227. The maximum atomic E-state index is 12.2. The zero-order chi connectivity index (χ0) is 15.2. The van der Waals surface area contributed by atoms with Gasteiger partial charge in [0.25, 0.3) is 0 Å². The quantitative estimate of drug-likeness (QED) is 0.734. The van der Waals surface area contributed by atoms with Gasteiger partial charge >= 0.3 is 0 Å². The van der Waals surface area contributed by atoms with Gasteiger partial charge in [-0.15, -0.1) is 0 Å². The van der Waals surface area contributed by atoms with E-state index in [9.17, 15) is 4.79 Å². The molecule has 0 aromatic heterocycles. The van der Waals surface area contributed by atoms with Gasteiger partial charge in [0, 0.05) is 18.1 Å². The first-order chi connectivity index (χ1) is 9.41. The van der Waals surface area contributed by atoms with E-state index in [0.717, 1.165) is 12.8 Å². The first-order valence-corrected chi connectivity index (χ1v) is 8.12. The van der Waals surface area contributed by atoms with E-state index in [0.29, 0.717) is 19.0 Å². The number of rotatable bonds is 6. The van der Waals surface area contributed by atoms with Gasteiger partial charge in [0.2, 0.25) is 5.91 Å². The third kappa shape index (κ3) is 4.74. The van der Waals surface area contributed by atoms with Crippen LogP contribution in [0.3, 0.4) is 0 Å². The number of carbonyl (C=O) groups is 1. The van der Waals surface area contributed by atoms with E-state index in [2.05, 4.69) is 38.0 Å². The Morgan fingerprint density at radius 2 is 1.75 bits per heavy atom. The lowest BCUT2D eigenvalue weighted by molar-refractivity contribution is -0.124. The Kier molecular flexibility index (Phi) is 6.96. The monoisotopic (exact) mass is 283 g/mol. The summed E-state index contributed by atoms with van der Waals surface area (Å²) < 4.78 is 0. The van der Waals surface area contributed by atoms with E-state index >= 15 is 0 Å². The van der Waals surface area contributed by atoms with Crippen molar-refractivity contribution in [3.05, 3.63) is 0 Å². The Hall–Kier alpha value is -0.610. The topological polar surface area (TPSA) is 58.4 Å². The zero-order valence-corrected chi connectivity index (χ0v) is 13.7. The van der Waals surface area contributed by atoms with Gasteiger partial charge in [0.05, 0.1) is 6.54 Å². The van der Waals surface area contributed by atoms with Crippen molar-refractivity contribution in [2.75, 3.05) is 20.1 Å². The number of carbonyl (C=O) groups excluding carboxylic acids is 1. The highest BCUT2D eigenvalue weighted by molar-refractivity contribution is 5.78. The van der Waals surface area contributed by atoms with Crippen LogP contribution in [0, 0.1) is 5.92 Å². The third-order valence-corrected chi connectivity index (χ3v) is 4.99. The van der Waals surface area contributed by atoms with Gasteiger partial charge in [-0.3, -0.25) is 9.69 Å². The minimum Gasteiger partial charge on any atom is -0.352 e. The molecule has 0 bridgehead atoms. The number of hydrogen-bond acceptors (Lipinski definition) is 3. The molecule has 4 heteroatoms. The largest absolute Gasteiger partial charge is 0.352 e. The summed E-state index contributed by atoms with van der Waals surface area (Å²) in [6.07, 6.45) is 7.29. The fourth-order valence-electron chi connectivity index (χ4n) is 2.98. The van der Waals surface area contributed by atoms with E-state index in [-0.39, 0.29) is 17.5 Å². The first kappa shape index (κ1) is 17.4. The lowest BCUT2D eigenvalue weighted by Gasteiger charge is -2.40. The predicted molar refractivity (Wildman–Crippen MR) is 84.6 cm³/mol. The lowest BCUT2D eigenvalue weighted by atomic mass is 9.88. The summed E-state index contributed by atoms with van der Waals surface area (Å²) in [5, 5.41) is 3.08. The van der Waals surface area contributed by atoms with E-state index in [1.54, 1.807) is 0 Å². The van der Waals surface area contributed by atoms with Gasteiger partial charge < -0.3 is 11.1 Å². The smallest absolute Gasteiger partial charge is 0.234 e. The third-order valence-electron chi connectivity index (χ3n) is 4.99. The van der Waals surface area contributed by atoms with Crippen molar-refractivity contribution in [3.8, 4) is 0 Å². The van der Waals surface area contributed by atoms with Crippen LogP contribution in [0.2, 0.25) is 0 Å². The van der Waals surface area contributed by atoms with Crippen LogP contribution in [0.15, 0.2) is 0 Å². The maximum Gasteiger partial charge on any atom is 0.234 e. The molecule has 1 aliphatic carbocycles. The molecule has 0 spiro atoms. The van der Waals surface area contributed by atoms with E-state index < -0.39 is 0 Å². The van der Waals surface area contributed by atoms with Gasteiger partial charge in [-0.2, -0.15) is 0 Å². The highest BCUT2D eigenvalue weighted by Crippen LogP contribution is 2.30. The molecular weight excluding hydrogens is 250 g/mol. The number of nitrogens with zero attached hydrogens (tertiary/aromatic N) is 1. The van der Waals surface area contributed by atoms with Crippen LogP contribution in [0.25, 0.3) is 0 Å². The van der Waals surface area contributed by atoms with Crippen molar-refractivity contribution in [1.82, 2.24) is 10.2 Å². The molecule has 4 nitrogen and oxygen atoms in total. The van der Waals surface area contributed by atoms with Gasteiger partial charge in [0.1, 0.15) is 0 Å². The Morgan fingerprint density at radius 1 is 1.20 bits per heavy atom. The molecule has 0 radical (unpaired) electrons. The SMILES string of the molecule is CC(C)C(C)NC(=O)CN(C)C1(CN)CCCCCC1. The Morgan fingerprint density at radius 3 is 2.20 bits per heavy atom. The van der Waals surface area contributed by atoms with Crippen molar-refractivity contribution in [1.29, 1.82) is 0 Å². The standard InChI is InChI=1S/C16H33N3O/c1-13(2)14(3)18-15(20)11-19(4)16(12-17)9-7-5-6-8-10-16/h13-14H,5-12,17H2,1-4H3,(H,18,20). The second kappa shape index (κ2) is 7.99. The van der Waals surface area contributed by atoms with E-state index in [1.165, 1.54) is 25.7 Å². The second-order valence-corrected chi connectivity index (χ2v) is 6.80. The summed E-state index contributed by atoms with van der Waals surface area (Å²) in [5.41, 5.74) is 6.08. The number of amides is 1. The highest BCUT2D eigenvalue weighted by Gasteiger charge is 2.34. The van der Waals surface area contributed by atoms with Gasteiger partial charge in [-0.05, 0) is 32.7 Å². The van der Waals surface area contributed by atoms with Crippen molar-refractivity contribution >= 4 is 5.91 Å². The average Bonchev–Trinajstić information content (AvgIpc) is 2.64. The van der Waals surface area contributed by atoms with Crippen LogP contribution in [0.5, 0.6) is 0 Å². The Labute approximate surface area is 124 Å². The molecule has 0 heterocycles. The Balaban J connectivity index is 2.58. The van der Waals surface area contributed by atoms with Crippen LogP contribution in [0.4, 0.5) is 0 Å². The van der Waals surface area contributed by atoms with Crippen LogP contribution in [0.1, 0.15) is 59.3 Å². The average molecular weight is 283 g/mol. The summed E-state index contributed by atoms with van der Waals surface area (Å²) in [5.74, 6) is 0.580. The number of likely N-dealkylation sites (N-methyl/N-ethyl adjacent to an activating group) is 1. The Bertz CT molecular complexity index is 296. The maximum absolute atomic E-state index is 12.2.